The molecule has 0 aliphatic carbocycles. The van der Waals surface area contributed by atoms with Crippen LogP contribution in [0.15, 0.2) is 73.1 Å². The van der Waals surface area contributed by atoms with Gasteiger partial charge in [0.05, 0.1) is 12.1 Å². The monoisotopic (exact) mass is 370 g/mol. The molecule has 4 rings (SSSR count). The molecule has 0 atom stereocenters. The Morgan fingerprint density at radius 2 is 1.64 bits per heavy atom. The van der Waals surface area contributed by atoms with E-state index in [9.17, 15) is 0 Å². The molecule has 0 radical (unpaired) electrons. The summed E-state index contributed by atoms with van der Waals surface area (Å²) in [7, 11) is 2.06. The van der Waals surface area contributed by atoms with E-state index in [0.717, 1.165) is 34.6 Å². The van der Waals surface area contributed by atoms with E-state index in [4.69, 9.17) is 14.7 Å². The lowest BCUT2D eigenvalue weighted by molar-refractivity contribution is 0.340. The van der Waals surface area contributed by atoms with Crippen LogP contribution in [0.2, 0.25) is 0 Å². The van der Waals surface area contributed by atoms with Crippen molar-refractivity contribution >= 4 is 16.7 Å². The van der Waals surface area contributed by atoms with Crippen molar-refractivity contribution in [3.05, 3.63) is 78.6 Å². The second-order valence-electron chi connectivity index (χ2n) is 6.56. The van der Waals surface area contributed by atoms with E-state index < -0.39 is 0 Å². The summed E-state index contributed by atoms with van der Waals surface area (Å²) in [4.78, 5) is 15.9. The van der Waals surface area contributed by atoms with Gasteiger partial charge >= 0.3 is 0 Å². The molecule has 140 valence electrons. The van der Waals surface area contributed by atoms with Gasteiger partial charge in [0.1, 0.15) is 11.6 Å². The first-order valence-electron chi connectivity index (χ1n) is 9.34. The molecule has 0 fully saturated rings. The summed E-state index contributed by atoms with van der Waals surface area (Å²) in [6.07, 6.45) is 3.52. The van der Waals surface area contributed by atoms with E-state index in [1.165, 1.54) is 5.56 Å². The normalized spacial score (nSPS) is 10.8. The molecular weight excluding hydrogens is 348 g/mol. The zero-order chi connectivity index (χ0) is 19.3. The fourth-order valence-corrected chi connectivity index (χ4v) is 3.19. The van der Waals surface area contributed by atoms with Crippen molar-refractivity contribution in [3.63, 3.8) is 0 Å². The third-order valence-corrected chi connectivity index (χ3v) is 4.54. The third-order valence-electron chi connectivity index (χ3n) is 4.54. The number of hydrogen-bond donors (Lipinski definition) is 0. The van der Waals surface area contributed by atoms with Gasteiger partial charge in [-0.25, -0.2) is 9.97 Å². The number of benzene rings is 2. The lowest BCUT2D eigenvalue weighted by Crippen LogP contribution is -2.18. The molecule has 2 aromatic heterocycles. The zero-order valence-corrected chi connectivity index (χ0v) is 16.0. The molecule has 4 aromatic rings. The highest BCUT2D eigenvalue weighted by Gasteiger charge is 2.13. The van der Waals surface area contributed by atoms with Gasteiger partial charge in [0.15, 0.2) is 5.82 Å². The molecule has 0 saturated carbocycles. The fraction of sp³-hybridized carbons (Fsp3) is 0.174. The van der Waals surface area contributed by atoms with Crippen molar-refractivity contribution < 1.29 is 4.74 Å². The molecule has 28 heavy (non-hydrogen) atoms. The molecule has 5 heteroatoms. The number of aromatic nitrogens is 3. The minimum absolute atomic E-state index is 0.671. The van der Waals surface area contributed by atoms with Gasteiger partial charge in [-0.1, -0.05) is 24.3 Å². The highest BCUT2D eigenvalue weighted by Crippen LogP contribution is 2.27. The van der Waals surface area contributed by atoms with Crippen LogP contribution in [0.25, 0.3) is 22.3 Å². The van der Waals surface area contributed by atoms with Gasteiger partial charge in [-0.2, -0.15) is 0 Å². The van der Waals surface area contributed by atoms with E-state index in [2.05, 4.69) is 35.1 Å². The molecular formula is C23H22N4O. The van der Waals surface area contributed by atoms with Gasteiger partial charge < -0.3 is 9.64 Å². The maximum atomic E-state index is 5.53. The van der Waals surface area contributed by atoms with Gasteiger partial charge in [0.25, 0.3) is 0 Å². The number of pyridine rings is 1. The number of rotatable bonds is 6. The fourth-order valence-electron chi connectivity index (χ4n) is 3.19. The van der Waals surface area contributed by atoms with E-state index in [1.54, 1.807) is 12.4 Å². The summed E-state index contributed by atoms with van der Waals surface area (Å²) in [5.41, 5.74) is 3.08. The molecule has 0 aliphatic rings. The minimum atomic E-state index is 0.671. The van der Waals surface area contributed by atoms with Crippen LogP contribution >= 0.6 is 0 Å². The number of hydrogen-bond acceptors (Lipinski definition) is 5. The predicted octanol–water partition coefficient (Wildman–Crippen LogP) is 4.73. The average Bonchev–Trinajstić information content (AvgIpc) is 2.75. The van der Waals surface area contributed by atoms with Crippen LogP contribution in [0.4, 0.5) is 5.82 Å². The number of anilines is 1. The van der Waals surface area contributed by atoms with Crippen molar-refractivity contribution in [3.8, 4) is 17.1 Å². The Kier molecular flexibility index (Phi) is 5.15. The molecule has 0 amide bonds. The third kappa shape index (κ3) is 3.78. The second kappa shape index (κ2) is 8.05. The Hall–Kier alpha value is -3.47. The summed E-state index contributed by atoms with van der Waals surface area (Å²) < 4.78 is 5.53. The minimum Gasteiger partial charge on any atom is -0.494 e. The quantitative estimate of drug-likeness (QED) is 0.491. The SMILES string of the molecule is CCOc1ccc(CN(C)c2nc(-c3ccncc3)nc3ccccc23)cc1. The topological polar surface area (TPSA) is 51.1 Å². The van der Waals surface area contributed by atoms with E-state index in [1.807, 2.05) is 49.4 Å². The average molecular weight is 370 g/mol. The van der Waals surface area contributed by atoms with Crippen LogP contribution < -0.4 is 9.64 Å². The van der Waals surface area contributed by atoms with Crippen LogP contribution in [0.5, 0.6) is 5.75 Å². The van der Waals surface area contributed by atoms with Crippen LogP contribution in [0, 0.1) is 0 Å². The number of ether oxygens (including phenoxy) is 1. The van der Waals surface area contributed by atoms with Gasteiger partial charge in [-0.15, -0.1) is 0 Å². The lowest BCUT2D eigenvalue weighted by Gasteiger charge is -2.21. The molecule has 0 aliphatic heterocycles. The molecule has 0 spiro atoms. The standard InChI is InChI=1S/C23H22N4O/c1-3-28-19-10-8-17(9-11-19)16-27(2)23-20-6-4-5-7-21(20)25-22(26-23)18-12-14-24-15-13-18/h4-15H,3,16H2,1-2H3. The molecule has 0 unspecified atom stereocenters. The Morgan fingerprint density at radius 1 is 0.893 bits per heavy atom. The summed E-state index contributed by atoms with van der Waals surface area (Å²) in [6.45, 7) is 3.40. The van der Waals surface area contributed by atoms with Crippen LogP contribution in [-0.4, -0.2) is 28.6 Å². The highest BCUT2D eigenvalue weighted by atomic mass is 16.5. The molecule has 0 saturated heterocycles. The number of fused-ring (bicyclic) bond motifs is 1. The first kappa shape index (κ1) is 17.9. The first-order valence-corrected chi connectivity index (χ1v) is 9.34. The zero-order valence-electron chi connectivity index (χ0n) is 16.0. The Morgan fingerprint density at radius 3 is 2.39 bits per heavy atom. The van der Waals surface area contributed by atoms with Crippen molar-refractivity contribution in [2.45, 2.75) is 13.5 Å². The first-order chi connectivity index (χ1) is 13.7. The van der Waals surface area contributed by atoms with Gasteiger partial charge in [0.2, 0.25) is 0 Å². The smallest absolute Gasteiger partial charge is 0.162 e. The van der Waals surface area contributed by atoms with Crippen LogP contribution in [0.1, 0.15) is 12.5 Å². The largest absolute Gasteiger partial charge is 0.494 e. The Bertz CT molecular complexity index is 1060. The summed E-state index contributed by atoms with van der Waals surface area (Å²) in [5.74, 6) is 2.50. The maximum absolute atomic E-state index is 5.53. The Balaban J connectivity index is 1.70. The summed E-state index contributed by atoms with van der Waals surface area (Å²) in [5, 5.41) is 1.04. The van der Waals surface area contributed by atoms with Crippen molar-refractivity contribution in [1.82, 2.24) is 15.0 Å². The Labute approximate surface area is 164 Å². The van der Waals surface area contributed by atoms with Crippen molar-refractivity contribution in [2.75, 3.05) is 18.6 Å². The molecule has 0 N–H and O–H groups in total. The molecule has 0 bridgehead atoms. The number of para-hydroxylation sites is 1. The maximum Gasteiger partial charge on any atom is 0.162 e. The summed E-state index contributed by atoms with van der Waals surface area (Å²) in [6, 6.07) is 20.2. The van der Waals surface area contributed by atoms with Gasteiger partial charge in [0, 0.05) is 36.9 Å². The van der Waals surface area contributed by atoms with Crippen LogP contribution in [0.3, 0.4) is 0 Å². The predicted molar refractivity (Wildman–Crippen MR) is 112 cm³/mol. The van der Waals surface area contributed by atoms with E-state index >= 15 is 0 Å². The van der Waals surface area contributed by atoms with Gasteiger partial charge in [-0.3, -0.25) is 4.98 Å². The van der Waals surface area contributed by atoms with Gasteiger partial charge in [-0.05, 0) is 48.9 Å². The van der Waals surface area contributed by atoms with Crippen molar-refractivity contribution in [1.29, 1.82) is 0 Å². The van der Waals surface area contributed by atoms with Crippen LogP contribution in [-0.2, 0) is 6.54 Å². The second-order valence-corrected chi connectivity index (χ2v) is 6.56. The highest BCUT2D eigenvalue weighted by molar-refractivity contribution is 5.90. The lowest BCUT2D eigenvalue weighted by atomic mass is 10.1. The van der Waals surface area contributed by atoms with E-state index in [0.29, 0.717) is 12.4 Å². The molecule has 2 aromatic carbocycles. The summed E-state index contributed by atoms with van der Waals surface area (Å²) >= 11 is 0. The van der Waals surface area contributed by atoms with Crippen molar-refractivity contribution in [2.24, 2.45) is 0 Å². The molecule has 2 heterocycles. The van der Waals surface area contributed by atoms with E-state index in [-0.39, 0.29) is 0 Å². The number of nitrogens with zero attached hydrogens (tertiary/aromatic N) is 4. The molecule has 5 nitrogen and oxygen atoms in total.